The second-order valence-electron chi connectivity index (χ2n) is 6.41. The Morgan fingerprint density at radius 1 is 0.926 bits per heavy atom. The van der Waals surface area contributed by atoms with Crippen LogP contribution in [0.1, 0.15) is 16.7 Å². The van der Waals surface area contributed by atoms with E-state index in [-0.39, 0.29) is 0 Å². The lowest BCUT2D eigenvalue weighted by atomic mass is 10.1. The molecule has 4 rings (SSSR count). The fraction of sp³-hybridized carbons (Fsp3) is 0.0909. The van der Waals surface area contributed by atoms with Crippen molar-refractivity contribution in [2.24, 2.45) is 10.2 Å². The Bertz CT molecular complexity index is 1190. The minimum absolute atomic E-state index is 0.489. The summed E-state index contributed by atoms with van der Waals surface area (Å²) in [6.45, 7) is 4.08. The van der Waals surface area contributed by atoms with E-state index in [0.29, 0.717) is 17.1 Å². The highest BCUT2D eigenvalue weighted by atomic mass is 15.2. The van der Waals surface area contributed by atoms with Crippen LogP contribution in [0.4, 0.5) is 11.5 Å². The molecule has 5 heteroatoms. The highest BCUT2D eigenvalue weighted by Crippen LogP contribution is 2.33. The number of benzene rings is 2. The molecule has 0 aliphatic rings. The van der Waals surface area contributed by atoms with Gasteiger partial charge in [0.15, 0.2) is 5.82 Å². The van der Waals surface area contributed by atoms with Crippen molar-refractivity contribution in [1.29, 1.82) is 5.26 Å². The fourth-order valence-electron chi connectivity index (χ4n) is 2.89. The van der Waals surface area contributed by atoms with Gasteiger partial charge in [0.05, 0.1) is 5.56 Å². The second-order valence-corrected chi connectivity index (χ2v) is 6.41. The Labute approximate surface area is 157 Å². The molecule has 0 N–H and O–H groups in total. The molecular formula is C22H17N5. The topological polar surface area (TPSA) is 65.8 Å². The minimum atomic E-state index is 0.489. The van der Waals surface area contributed by atoms with E-state index in [1.807, 2.05) is 53.9 Å². The molecule has 0 radical (unpaired) electrons. The molecule has 4 aromatic rings. The molecule has 2 heterocycles. The van der Waals surface area contributed by atoms with E-state index in [4.69, 9.17) is 4.98 Å². The summed E-state index contributed by atoms with van der Waals surface area (Å²) in [6, 6.07) is 21.5. The fourth-order valence-corrected chi connectivity index (χ4v) is 2.89. The van der Waals surface area contributed by atoms with Crippen molar-refractivity contribution in [1.82, 2.24) is 9.38 Å². The quantitative estimate of drug-likeness (QED) is 0.431. The third kappa shape index (κ3) is 3.21. The summed E-state index contributed by atoms with van der Waals surface area (Å²) in [7, 11) is 0. The number of hydrogen-bond donors (Lipinski definition) is 0. The molecule has 130 valence electrons. The van der Waals surface area contributed by atoms with Crippen LogP contribution in [-0.4, -0.2) is 9.38 Å². The van der Waals surface area contributed by atoms with Crippen LogP contribution in [0.2, 0.25) is 0 Å². The van der Waals surface area contributed by atoms with Crippen LogP contribution in [0.5, 0.6) is 0 Å². The van der Waals surface area contributed by atoms with Crippen LogP contribution in [0.25, 0.3) is 16.9 Å². The predicted octanol–water partition coefficient (Wildman–Crippen LogP) is 5.91. The van der Waals surface area contributed by atoms with Crippen LogP contribution in [0, 0.1) is 25.2 Å². The van der Waals surface area contributed by atoms with Gasteiger partial charge in [-0.3, -0.25) is 4.40 Å². The van der Waals surface area contributed by atoms with Crippen molar-refractivity contribution in [2.75, 3.05) is 0 Å². The lowest BCUT2D eigenvalue weighted by molar-refractivity contribution is 1.10. The average Bonchev–Trinajstić information content (AvgIpc) is 3.04. The highest BCUT2D eigenvalue weighted by molar-refractivity contribution is 5.74. The normalized spacial score (nSPS) is 11.1. The van der Waals surface area contributed by atoms with Crippen LogP contribution in [-0.2, 0) is 0 Å². The van der Waals surface area contributed by atoms with Crippen molar-refractivity contribution in [2.45, 2.75) is 13.8 Å². The van der Waals surface area contributed by atoms with Gasteiger partial charge < -0.3 is 0 Å². The van der Waals surface area contributed by atoms with Gasteiger partial charge in [-0.1, -0.05) is 42.0 Å². The number of aromatic nitrogens is 2. The highest BCUT2D eigenvalue weighted by Gasteiger charge is 2.14. The van der Waals surface area contributed by atoms with E-state index in [9.17, 15) is 5.26 Å². The standard InChI is InChI=1S/C22H17N5/c1-15-7-9-17(10-8-15)21-22(27-12-11-16(2)13-20(27)24-21)26-25-19-6-4-3-5-18(19)14-23/h3-13H,1-2H3. The monoisotopic (exact) mass is 351 g/mol. The lowest BCUT2D eigenvalue weighted by Crippen LogP contribution is -1.84. The number of hydrogen-bond acceptors (Lipinski definition) is 4. The molecule has 0 spiro atoms. The SMILES string of the molecule is Cc1ccc(-c2nc3cc(C)ccn3c2N=Nc2ccccc2C#N)cc1. The lowest BCUT2D eigenvalue weighted by Gasteiger charge is -2.01. The van der Waals surface area contributed by atoms with E-state index >= 15 is 0 Å². The van der Waals surface area contributed by atoms with Gasteiger partial charge in [0.1, 0.15) is 23.1 Å². The van der Waals surface area contributed by atoms with Crippen LogP contribution < -0.4 is 0 Å². The molecule has 0 aliphatic heterocycles. The summed E-state index contributed by atoms with van der Waals surface area (Å²) in [5.74, 6) is 0.640. The molecular weight excluding hydrogens is 334 g/mol. The van der Waals surface area contributed by atoms with Gasteiger partial charge >= 0.3 is 0 Å². The molecule has 0 fully saturated rings. The molecule has 0 bridgehead atoms. The van der Waals surface area contributed by atoms with Crippen LogP contribution >= 0.6 is 0 Å². The molecule has 0 amide bonds. The molecule has 0 saturated carbocycles. The Morgan fingerprint density at radius 3 is 2.48 bits per heavy atom. The molecule has 5 nitrogen and oxygen atoms in total. The first-order chi connectivity index (χ1) is 13.2. The van der Waals surface area contributed by atoms with Crippen molar-refractivity contribution in [3.05, 3.63) is 83.6 Å². The number of azo groups is 1. The second kappa shape index (κ2) is 6.85. The molecule has 0 atom stereocenters. The maximum Gasteiger partial charge on any atom is 0.187 e. The molecule has 2 aromatic carbocycles. The Hall–Kier alpha value is -3.78. The molecule has 0 unspecified atom stereocenters. The number of pyridine rings is 1. The number of fused-ring (bicyclic) bond motifs is 1. The van der Waals surface area contributed by atoms with Gasteiger partial charge in [0.25, 0.3) is 0 Å². The average molecular weight is 351 g/mol. The Balaban J connectivity index is 1.90. The van der Waals surface area contributed by atoms with Gasteiger partial charge in [-0.2, -0.15) is 5.26 Å². The number of nitriles is 1. The van der Waals surface area contributed by atoms with E-state index in [0.717, 1.165) is 22.5 Å². The van der Waals surface area contributed by atoms with Crippen LogP contribution in [0.3, 0.4) is 0 Å². The maximum atomic E-state index is 9.27. The molecule has 2 aromatic heterocycles. The third-order valence-corrected chi connectivity index (χ3v) is 4.36. The first-order valence-electron chi connectivity index (χ1n) is 8.62. The Morgan fingerprint density at radius 2 is 1.70 bits per heavy atom. The minimum Gasteiger partial charge on any atom is -0.283 e. The zero-order valence-corrected chi connectivity index (χ0v) is 15.1. The summed E-state index contributed by atoms with van der Waals surface area (Å²) in [5, 5.41) is 18.1. The molecule has 0 aliphatic carbocycles. The third-order valence-electron chi connectivity index (χ3n) is 4.36. The van der Waals surface area contributed by atoms with Gasteiger partial charge in [-0.05, 0) is 43.7 Å². The van der Waals surface area contributed by atoms with Crippen molar-refractivity contribution in [3.63, 3.8) is 0 Å². The summed E-state index contributed by atoms with van der Waals surface area (Å²) >= 11 is 0. The summed E-state index contributed by atoms with van der Waals surface area (Å²) < 4.78 is 1.92. The van der Waals surface area contributed by atoms with Crippen molar-refractivity contribution in [3.8, 4) is 17.3 Å². The van der Waals surface area contributed by atoms with Crippen molar-refractivity contribution < 1.29 is 0 Å². The molecule has 0 saturated heterocycles. The largest absolute Gasteiger partial charge is 0.283 e. The number of nitrogens with zero attached hydrogens (tertiary/aromatic N) is 5. The van der Waals surface area contributed by atoms with Gasteiger partial charge in [-0.15, -0.1) is 10.2 Å². The van der Waals surface area contributed by atoms with Crippen molar-refractivity contribution >= 4 is 17.2 Å². The van der Waals surface area contributed by atoms with E-state index < -0.39 is 0 Å². The van der Waals surface area contributed by atoms with Gasteiger partial charge in [-0.25, -0.2) is 4.98 Å². The number of imidazole rings is 1. The zero-order valence-electron chi connectivity index (χ0n) is 15.1. The van der Waals surface area contributed by atoms with Gasteiger partial charge in [0.2, 0.25) is 0 Å². The number of rotatable bonds is 3. The predicted molar refractivity (Wildman–Crippen MR) is 105 cm³/mol. The first kappa shape index (κ1) is 16.7. The first-order valence-corrected chi connectivity index (χ1v) is 8.62. The summed E-state index contributed by atoms with van der Waals surface area (Å²) in [5.41, 5.74) is 5.89. The van der Waals surface area contributed by atoms with Gasteiger partial charge in [0, 0.05) is 11.8 Å². The van der Waals surface area contributed by atoms with Crippen LogP contribution in [0.15, 0.2) is 77.1 Å². The van der Waals surface area contributed by atoms with E-state index in [1.165, 1.54) is 5.56 Å². The summed E-state index contributed by atoms with van der Waals surface area (Å²) in [6.07, 6.45) is 1.94. The zero-order chi connectivity index (χ0) is 18.8. The van der Waals surface area contributed by atoms with E-state index in [1.54, 1.807) is 12.1 Å². The van der Waals surface area contributed by atoms with E-state index in [2.05, 4.69) is 35.4 Å². The smallest absolute Gasteiger partial charge is 0.187 e. The maximum absolute atomic E-state index is 9.27. The molecule has 27 heavy (non-hydrogen) atoms. The Kier molecular flexibility index (Phi) is 4.23. The summed E-state index contributed by atoms with van der Waals surface area (Å²) in [4.78, 5) is 4.77. The number of aryl methyl sites for hydroxylation is 2.